The van der Waals surface area contributed by atoms with Crippen molar-refractivity contribution in [2.24, 2.45) is 5.73 Å². The quantitative estimate of drug-likeness (QED) is 0.844. The van der Waals surface area contributed by atoms with Crippen LogP contribution in [0, 0.1) is 6.92 Å². The van der Waals surface area contributed by atoms with Crippen molar-refractivity contribution < 1.29 is 4.74 Å². The Kier molecular flexibility index (Phi) is 4.48. The summed E-state index contributed by atoms with van der Waals surface area (Å²) >= 11 is 0. The lowest BCUT2D eigenvalue weighted by atomic mass is 10.1. The summed E-state index contributed by atoms with van der Waals surface area (Å²) in [4.78, 5) is 6.52. The maximum atomic E-state index is 5.72. The average Bonchev–Trinajstić information content (AvgIpc) is 2.26. The van der Waals surface area contributed by atoms with Crippen molar-refractivity contribution in [2.45, 2.75) is 32.9 Å². The highest BCUT2D eigenvalue weighted by molar-refractivity contribution is 5.24. The Balaban J connectivity index is 2.67. The number of nitrogens with zero attached hydrogens (tertiary/aromatic N) is 2. The minimum atomic E-state index is -0.0118. The summed E-state index contributed by atoms with van der Waals surface area (Å²) in [6.07, 6.45) is 0. The molecule has 4 nitrogen and oxygen atoms in total. The number of aryl methyl sites for hydroxylation is 1. The molecule has 0 fully saturated rings. The molecule has 0 unspecified atom stereocenters. The molecule has 0 aromatic carbocycles. The number of likely N-dealkylation sites (N-methyl/N-ethyl adjacent to an activating group) is 1. The first kappa shape index (κ1) is 13.9. The molecule has 96 valence electrons. The smallest absolute Gasteiger partial charge is 0.213 e. The summed E-state index contributed by atoms with van der Waals surface area (Å²) in [6, 6.07) is 3.85. The molecule has 0 saturated heterocycles. The molecule has 0 atom stereocenters. The van der Waals surface area contributed by atoms with Crippen molar-refractivity contribution in [1.82, 2.24) is 9.88 Å². The van der Waals surface area contributed by atoms with Gasteiger partial charge in [0.05, 0.1) is 0 Å². The predicted octanol–water partition coefficient (Wildman–Crippen LogP) is 1.57. The Bertz CT molecular complexity index is 375. The van der Waals surface area contributed by atoms with Crippen LogP contribution >= 0.6 is 0 Å². The third kappa shape index (κ3) is 3.68. The zero-order valence-electron chi connectivity index (χ0n) is 11.4. The second kappa shape index (κ2) is 5.47. The molecule has 1 aromatic rings. The second-order valence-corrected chi connectivity index (χ2v) is 5.09. The van der Waals surface area contributed by atoms with E-state index >= 15 is 0 Å². The molecule has 1 aromatic heterocycles. The van der Waals surface area contributed by atoms with E-state index in [0.29, 0.717) is 19.0 Å². The van der Waals surface area contributed by atoms with E-state index in [0.717, 1.165) is 11.3 Å². The number of pyridine rings is 1. The molecule has 0 radical (unpaired) electrons. The van der Waals surface area contributed by atoms with E-state index in [1.54, 1.807) is 0 Å². The number of nitrogens with two attached hydrogens (primary N) is 1. The van der Waals surface area contributed by atoms with Crippen LogP contribution in [0.2, 0.25) is 0 Å². The first-order chi connectivity index (χ1) is 7.86. The molecule has 0 aliphatic rings. The van der Waals surface area contributed by atoms with E-state index in [4.69, 9.17) is 10.5 Å². The average molecular weight is 237 g/mol. The van der Waals surface area contributed by atoms with Crippen molar-refractivity contribution in [3.8, 4) is 5.88 Å². The van der Waals surface area contributed by atoms with Gasteiger partial charge in [-0.05, 0) is 40.4 Å². The Labute approximate surface area is 104 Å². The fraction of sp³-hybridized carbons (Fsp3) is 0.615. The van der Waals surface area contributed by atoms with E-state index < -0.39 is 0 Å². The highest BCUT2D eigenvalue weighted by Crippen LogP contribution is 2.16. The first-order valence-electron chi connectivity index (χ1n) is 5.83. The van der Waals surface area contributed by atoms with Gasteiger partial charge >= 0.3 is 0 Å². The molecule has 4 heteroatoms. The van der Waals surface area contributed by atoms with Gasteiger partial charge in [-0.3, -0.25) is 0 Å². The van der Waals surface area contributed by atoms with E-state index in [1.165, 1.54) is 0 Å². The molecule has 0 aliphatic carbocycles. The third-order valence-electron chi connectivity index (χ3n) is 3.17. The van der Waals surface area contributed by atoms with Crippen LogP contribution in [-0.4, -0.2) is 36.1 Å². The zero-order valence-corrected chi connectivity index (χ0v) is 11.4. The van der Waals surface area contributed by atoms with Crippen LogP contribution in [0.5, 0.6) is 5.88 Å². The van der Waals surface area contributed by atoms with Crippen LogP contribution in [-0.2, 0) is 6.54 Å². The lowest BCUT2D eigenvalue weighted by Gasteiger charge is -2.31. The third-order valence-corrected chi connectivity index (χ3v) is 3.17. The molecular weight excluding hydrogens is 214 g/mol. The first-order valence-corrected chi connectivity index (χ1v) is 5.83. The summed E-state index contributed by atoms with van der Waals surface area (Å²) < 4.78 is 5.72. The lowest BCUT2D eigenvalue weighted by molar-refractivity contribution is 0.111. The Hall–Kier alpha value is -1.13. The summed E-state index contributed by atoms with van der Waals surface area (Å²) in [6.45, 7) is 7.34. The van der Waals surface area contributed by atoms with Crippen LogP contribution < -0.4 is 10.5 Å². The molecule has 0 bridgehead atoms. The second-order valence-electron chi connectivity index (χ2n) is 5.09. The van der Waals surface area contributed by atoms with Crippen LogP contribution in [0.15, 0.2) is 12.1 Å². The number of hydrogen-bond donors (Lipinski definition) is 1. The number of aromatic nitrogens is 1. The van der Waals surface area contributed by atoms with Gasteiger partial charge in [-0.2, -0.15) is 0 Å². The van der Waals surface area contributed by atoms with Crippen molar-refractivity contribution in [2.75, 3.05) is 20.7 Å². The van der Waals surface area contributed by atoms with Gasteiger partial charge < -0.3 is 15.4 Å². The molecule has 17 heavy (non-hydrogen) atoms. The molecule has 1 rings (SSSR count). The highest BCUT2D eigenvalue weighted by Gasteiger charge is 2.21. The summed E-state index contributed by atoms with van der Waals surface area (Å²) in [5.41, 5.74) is 7.58. The van der Waals surface area contributed by atoms with Gasteiger partial charge in [-0.1, -0.05) is 6.07 Å². The van der Waals surface area contributed by atoms with Gasteiger partial charge in [0.15, 0.2) is 0 Å². The van der Waals surface area contributed by atoms with Crippen LogP contribution in [0.1, 0.15) is 25.1 Å². The van der Waals surface area contributed by atoms with Crippen molar-refractivity contribution in [3.05, 3.63) is 23.4 Å². The molecule has 0 saturated carbocycles. The molecule has 0 aliphatic heterocycles. The minimum absolute atomic E-state index is 0.0118. The van der Waals surface area contributed by atoms with Crippen molar-refractivity contribution in [3.63, 3.8) is 0 Å². The van der Waals surface area contributed by atoms with E-state index in [9.17, 15) is 0 Å². The Morgan fingerprint density at radius 3 is 2.47 bits per heavy atom. The van der Waals surface area contributed by atoms with E-state index in [2.05, 4.69) is 23.7 Å². The van der Waals surface area contributed by atoms with Crippen LogP contribution in [0.4, 0.5) is 0 Å². The Morgan fingerprint density at radius 2 is 2.00 bits per heavy atom. The molecular formula is C13H23N3O. The zero-order chi connectivity index (χ0) is 13.1. The summed E-state index contributed by atoms with van der Waals surface area (Å²) in [7, 11) is 4.08. The molecule has 0 amide bonds. The van der Waals surface area contributed by atoms with E-state index in [-0.39, 0.29) is 5.54 Å². The van der Waals surface area contributed by atoms with Crippen LogP contribution in [0.25, 0.3) is 0 Å². The molecule has 0 spiro atoms. The van der Waals surface area contributed by atoms with Crippen molar-refractivity contribution in [1.29, 1.82) is 0 Å². The van der Waals surface area contributed by atoms with Crippen LogP contribution in [0.3, 0.4) is 0 Å². The Morgan fingerprint density at radius 1 is 1.35 bits per heavy atom. The predicted molar refractivity (Wildman–Crippen MR) is 70.1 cm³/mol. The monoisotopic (exact) mass is 237 g/mol. The lowest BCUT2D eigenvalue weighted by Crippen LogP contribution is -2.43. The largest absolute Gasteiger partial charge is 0.476 e. The maximum Gasteiger partial charge on any atom is 0.213 e. The SMILES string of the molecule is Cc1nc(OCC(C)(C)N(C)C)ccc1CN. The maximum absolute atomic E-state index is 5.72. The molecule has 1 heterocycles. The van der Waals surface area contributed by atoms with Gasteiger partial charge in [0.1, 0.15) is 6.61 Å². The number of ether oxygens (including phenoxy) is 1. The number of hydrogen-bond acceptors (Lipinski definition) is 4. The summed E-state index contributed by atoms with van der Waals surface area (Å²) in [5.74, 6) is 0.662. The molecule has 2 N–H and O–H groups in total. The standard InChI is InChI=1S/C13H23N3O/c1-10-11(8-14)6-7-12(15-10)17-9-13(2,3)16(4)5/h6-7H,8-9,14H2,1-5H3. The van der Waals surface area contributed by atoms with Crippen molar-refractivity contribution >= 4 is 0 Å². The van der Waals surface area contributed by atoms with Gasteiger partial charge in [0, 0.05) is 23.8 Å². The minimum Gasteiger partial charge on any atom is -0.476 e. The van der Waals surface area contributed by atoms with E-state index in [1.807, 2.05) is 33.2 Å². The van der Waals surface area contributed by atoms with Gasteiger partial charge in [0.25, 0.3) is 0 Å². The topological polar surface area (TPSA) is 51.4 Å². The highest BCUT2D eigenvalue weighted by atomic mass is 16.5. The van der Waals surface area contributed by atoms with Gasteiger partial charge in [-0.25, -0.2) is 4.98 Å². The fourth-order valence-corrected chi connectivity index (χ4v) is 1.24. The normalized spacial score (nSPS) is 11.9. The fourth-order valence-electron chi connectivity index (χ4n) is 1.24. The summed E-state index contributed by atoms with van der Waals surface area (Å²) in [5, 5.41) is 0. The number of rotatable bonds is 5. The van der Waals surface area contributed by atoms with Gasteiger partial charge in [0.2, 0.25) is 5.88 Å². The van der Waals surface area contributed by atoms with Gasteiger partial charge in [-0.15, -0.1) is 0 Å².